The first-order valence-corrected chi connectivity index (χ1v) is 7.08. The van der Waals surface area contributed by atoms with Crippen molar-refractivity contribution in [2.24, 2.45) is 0 Å². The molecule has 22 heavy (non-hydrogen) atoms. The van der Waals surface area contributed by atoms with Crippen molar-refractivity contribution in [3.8, 4) is 17.1 Å². The zero-order valence-electron chi connectivity index (χ0n) is 12.2. The van der Waals surface area contributed by atoms with Crippen LogP contribution in [-0.4, -0.2) is 28.9 Å². The van der Waals surface area contributed by atoms with Crippen molar-refractivity contribution in [2.45, 2.75) is 0 Å². The summed E-state index contributed by atoms with van der Waals surface area (Å²) in [6.07, 6.45) is 0. The average molecular weight is 317 g/mol. The van der Waals surface area contributed by atoms with E-state index in [0.717, 1.165) is 11.3 Å². The number of benzene rings is 2. The highest BCUT2D eigenvalue weighted by Crippen LogP contribution is 2.24. The van der Waals surface area contributed by atoms with E-state index in [1.807, 2.05) is 31.1 Å². The SMILES string of the molecule is CN(C)c1nc(-c2ccc(F)cc2)n(-c2ccc(Cl)cc2)n1. The van der Waals surface area contributed by atoms with Crippen LogP contribution in [0.3, 0.4) is 0 Å². The fourth-order valence-corrected chi connectivity index (χ4v) is 2.16. The third-order valence-electron chi connectivity index (χ3n) is 3.17. The first-order chi connectivity index (χ1) is 10.5. The molecule has 0 aliphatic rings. The van der Waals surface area contributed by atoms with Crippen LogP contribution in [0.25, 0.3) is 17.1 Å². The summed E-state index contributed by atoms with van der Waals surface area (Å²) in [4.78, 5) is 6.35. The molecule has 4 nitrogen and oxygen atoms in total. The zero-order chi connectivity index (χ0) is 15.7. The van der Waals surface area contributed by atoms with E-state index in [9.17, 15) is 4.39 Å². The predicted octanol–water partition coefficient (Wildman–Crippen LogP) is 3.79. The summed E-state index contributed by atoms with van der Waals surface area (Å²) < 4.78 is 14.9. The minimum Gasteiger partial charge on any atom is -0.346 e. The van der Waals surface area contributed by atoms with E-state index in [2.05, 4.69) is 10.1 Å². The number of nitrogens with zero attached hydrogens (tertiary/aromatic N) is 4. The minimum absolute atomic E-state index is 0.283. The molecule has 0 spiro atoms. The second kappa shape index (κ2) is 5.77. The fraction of sp³-hybridized carbons (Fsp3) is 0.125. The number of anilines is 1. The van der Waals surface area contributed by atoms with Crippen molar-refractivity contribution in [1.82, 2.24) is 14.8 Å². The molecule has 3 aromatic rings. The molecule has 0 atom stereocenters. The fourth-order valence-electron chi connectivity index (χ4n) is 2.04. The van der Waals surface area contributed by atoms with Crippen LogP contribution in [0.4, 0.5) is 10.3 Å². The molecule has 0 N–H and O–H groups in total. The minimum atomic E-state index is -0.283. The van der Waals surface area contributed by atoms with Gasteiger partial charge in [0, 0.05) is 24.7 Å². The molecule has 0 fully saturated rings. The molecule has 112 valence electrons. The van der Waals surface area contributed by atoms with E-state index in [-0.39, 0.29) is 5.82 Å². The Morgan fingerprint density at radius 3 is 2.23 bits per heavy atom. The van der Waals surface area contributed by atoms with Crippen molar-refractivity contribution in [2.75, 3.05) is 19.0 Å². The Bertz CT molecular complexity index is 716. The van der Waals surface area contributed by atoms with Crippen molar-refractivity contribution in [3.63, 3.8) is 0 Å². The molecule has 0 saturated heterocycles. The van der Waals surface area contributed by atoms with E-state index >= 15 is 0 Å². The molecule has 0 unspecified atom stereocenters. The summed E-state index contributed by atoms with van der Waals surface area (Å²) in [5.41, 5.74) is 1.63. The predicted molar refractivity (Wildman–Crippen MR) is 86.1 cm³/mol. The van der Waals surface area contributed by atoms with Gasteiger partial charge in [-0.25, -0.2) is 9.07 Å². The smallest absolute Gasteiger partial charge is 0.245 e. The Labute approximate surface area is 132 Å². The Morgan fingerprint density at radius 1 is 1.00 bits per heavy atom. The molecule has 0 bridgehead atoms. The molecule has 0 radical (unpaired) electrons. The molecule has 3 rings (SSSR count). The van der Waals surface area contributed by atoms with Gasteiger partial charge in [-0.15, -0.1) is 5.10 Å². The van der Waals surface area contributed by atoms with E-state index in [1.54, 1.807) is 28.9 Å². The van der Waals surface area contributed by atoms with Gasteiger partial charge in [-0.3, -0.25) is 0 Å². The molecule has 0 saturated carbocycles. The molecule has 6 heteroatoms. The van der Waals surface area contributed by atoms with Crippen LogP contribution in [-0.2, 0) is 0 Å². The summed E-state index contributed by atoms with van der Waals surface area (Å²) in [7, 11) is 3.74. The average Bonchev–Trinajstić information content (AvgIpc) is 2.94. The lowest BCUT2D eigenvalue weighted by Crippen LogP contribution is -2.10. The highest BCUT2D eigenvalue weighted by atomic mass is 35.5. The van der Waals surface area contributed by atoms with Gasteiger partial charge in [0.1, 0.15) is 5.82 Å². The van der Waals surface area contributed by atoms with Gasteiger partial charge in [0.05, 0.1) is 5.69 Å². The third-order valence-corrected chi connectivity index (χ3v) is 3.42. The van der Waals surface area contributed by atoms with E-state index in [1.165, 1.54) is 12.1 Å². The van der Waals surface area contributed by atoms with E-state index in [4.69, 9.17) is 11.6 Å². The van der Waals surface area contributed by atoms with Gasteiger partial charge in [0.15, 0.2) is 5.82 Å². The molecule has 1 aromatic heterocycles. The van der Waals surface area contributed by atoms with Gasteiger partial charge >= 0.3 is 0 Å². The van der Waals surface area contributed by atoms with Crippen molar-refractivity contribution >= 4 is 17.5 Å². The second-order valence-corrected chi connectivity index (χ2v) is 5.46. The number of aromatic nitrogens is 3. The lowest BCUT2D eigenvalue weighted by molar-refractivity contribution is 0.628. The Morgan fingerprint density at radius 2 is 1.64 bits per heavy atom. The van der Waals surface area contributed by atoms with Gasteiger partial charge in [0.2, 0.25) is 5.95 Å². The summed E-state index contributed by atoms with van der Waals surface area (Å²) in [6.45, 7) is 0. The monoisotopic (exact) mass is 316 g/mol. The van der Waals surface area contributed by atoms with Crippen LogP contribution in [0.1, 0.15) is 0 Å². The molecule has 2 aromatic carbocycles. The van der Waals surface area contributed by atoms with Crippen LogP contribution in [0.15, 0.2) is 48.5 Å². The summed E-state index contributed by atoms with van der Waals surface area (Å²) in [6, 6.07) is 13.5. The largest absolute Gasteiger partial charge is 0.346 e. The Hall–Kier alpha value is -2.40. The normalized spacial score (nSPS) is 10.7. The molecular weight excluding hydrogens is 303 g/mol. The van der Waals surface area contributed by atoms with Crippen LogP contribution < -0.4 is 4.90 Å². The van der Waals surface area contributed by atoms with Crippen LogP contribution in [0.5, 0.6) is 0 Å². The van der Waals surface area contributed by atoms with Gasteiger partial charge < -0.3 is 4.90 Å². The van der Waals surface area contributed by atoms with Gasteiger partial charge in [-0.05, 0) is 48.5 Å². The lowest BCUT2D eigenvalue weighted by atomic mass is 10.2. The first kappa shape index (κ1) is 14.5. The Kier molecular flexibility index (Phi) is 3.81. The summed E-state index contributed by atoms with van der Waals surface area (Å²) in [5, 5.41) is 5.16. The molecule has 0 aliphatic carbocycles. The van der Waals surface area contributed by atoms with Gasteiger partial charge in [-0.2, -0.15) is 4.98 Å². The highest BCUT2D eigenvalue weighted by Gasteiger charge is 2.14. The van der Waals surface area contributed by atoms with Crippen LogP contribution in [0.2, 0.25) is 5.02 Å². The first-order valence-electron chi connectivity index (χ1n) is 6.71. The third kappa shape index (κ3) is 2.80. The second-order valence-electron chi connectivity index (χ2n) is 5.02. The number of rotatable bonds is 3. The molecular formula is C16H14ClFN4. The van der Waals surface area contributed by atoms with E-state index < -0.39 is 0 Å². The standard InChI is InChI=1S/C16H14ClFN4/c1-21(2)16-19-15(11-3-7-13(18)8-4-11)22(20-16)14-9-5-12(17)6-10-14/h3-10H,1-2H3. The maximum Gasteiger partial charge on any atom is 0.245 e. The lowest BCUT2D eigenvalue weighted by Gasteiger charge is -2.06. The van der Waals surface area contributed by atoms with Crippen molar-refractivity contribution in [3.05, 3.63) is 59.4 Å². The topological polar surface area (TPSA) is 34.0 Å². The quantitative estimate of drug-likeness (QED) is 0.737. The molecule has 0 amide bonds. The maximum atomic E-state index is 13.1. The van der Waals surface area contributed by atoms with Crippen LogP contribution >= 0.6 is 11.6 Å². The van der Waals surface area contributed by atoms with E-state index in [0.29, 0.717) is 16.8 Å². The van der Waals surface area contributed by atoms with Crippen molar-refractivity contribution < 1.29 is 4.39 Å². The van der Waals surface area contributed by atoms with Gasteiger partial charge in [-0.1, -0.05) is 11.6 Å². The summed E-state index contributed by atoms with van der Waals surface area (Å²) in [5.74, 6) is 0.939. The molecule has 1 heterocycles. The Balaban J connectivity index is 2.15. The van der Waals surface area contributed by atoms with Gasteiger partial charge in [0.25, 0.3) is 0 Å². The summed E-state index contributed by atoms with van der Waals surface area (Å²) >= 11 is 5.93. The maximum absolute atomic E-state index is 13.1. The van der Waals surface area contributed by atoms with Crippen LogP contribution in [0, 0.1) is 5.82 Å². The highest BCUT2D eigenvalue weighted by molar-refractivity contribution is 6.30. The number of halogens is 2. The molecule has 0 aliphatic heterocycles. The van der Waals surface area contributed by atoms with Crippen molar-refractivity contribution in [1.29, 1.82) is 0 Å². The zero-order valence-corrected chi connectivity index (χ0v) is 12.9. The number of hydrogen-bond acceptors (Lipinski definition) is 3. The number of hydrogen-bond donors (Lipinski definition) is 0.